The van der Waals surface area contributed by atoms with Crippen molar-refractivity contribution in [3.63, 3.8) is 0 Å². The molecule has 4 nitrogen and oxygen atoms in total. The van der Waals surface area contributed by atoms with E-state index in [0.717, 1.165) is 19.3 Å². The summed E-state index contributed by atoms with van der Waals surface area (Å²) in [6, 6.07) is 0.206. The summed E-state index contributed by atoms with van der Waals surface area (Å²) in [5.74, 6) is 0.404. The number of hydrogen-bond acceptors (Lipinski definition) is 3. The Balaban J connectivity index is 2.07. The van der Waals surface area contributed by atoms with Crippen LogP contribution < -0.4 is 5.32 Å². The number of Topliss-reactive ketones (excluding diaryl/α,β-unsaturated/α-hetero) is 1. The first kappa shape index (κ1) is 13.2. The zero-order valence-corrected chi connectivity index (χ0v) is 9.96. The molecule has 1 amide bonds. The second-order valence-electron chi connectivity index (χ2n) is 4.18. The normalized spacial score (nSPS) is 17.4. The van der Waals surface area contributed by atoms with Gasteiger partial charge in [0.2, 0.25) is 5.91 Å². The summed E-state index contributed by atoms with van der Waals surface area (Å²) in [7, 11) is 0. The van der Waals surface area contributed by atoms with Gasteiger partial charge in [-0.05, 0) is 26.2 Å². The highest BCUT2D eigenvalue weighted by Gasteiger charge is 2.19. The first-order valence-corrected chi connectivity index (χ1v) is 6.11. The van der Waals surface area contributed by atoms with Crippen molar-refractivity contribution in [2.45, 2.75) is 51.5 Å². The van der Waals surface area contributed by atoms with E-state index in [0.29, 0.717) is 38.3 Å². The lowest BCUT2D eigenvalue weighted by Gasteiger charge is -2.22. The minimum Gasteiger partial charge on any atom is -0.382 e. The maximum atomic E-state index is 11.5. The number of hydrogen-bond donors (Lipinski definition) is 1. The summed E-state index contributed by atoms with van der Waals surface area (Å²) in [5, 5.41) is 2.97. The van der Waals surface area contributed by atoms with Gasteiger partial charge in [0.15, 0.2) is 0 Å². The highest BCUT2D eigenvalue weighted by Crippen LogP contribution is 2.14. The van der Waals surface area contributed by atoms with Gasteiger partial charge in [0.1, 0.15) is 5.78 Å². The number of amides is 1. The zero-order chi connectivity index (χ0) is 11.8. The van der Waals surface area contributed by atoms with E-state index in [9.17, 15) is 9.59 Å². The molecule has 4 heteroatoms. The van der Waals surface area contributed by atoms with Gasteiger partial charge in [-0.15, -0.1) is 0 Å². The third-order valence-electron chi connectivity index (χ3n) is 2.81. The van der Waals surface area contributed by atoms with E-state index in [4.69, 9.17) is 4.74 Å². The molecule has 16 heavy (non-hydrogen) atoms. The molecule has 1 rings (SSSR count). The van der Waals surface area contributed by atoms with E-state index >= 15 is 0 Å². The van der Waals surface area contributed by atoms with E-state index in [1.54, 1.807) is 0 Å². The number of carbonyl (C=O) groups is 2. The molecule has 0 radical (unpaired) electrons. The van der Waals surface area contributed by atoms with Crippen LogP contribution >= 0.6 is 0 Å². The average molecular weight is 227 g/mol. The molecule has 0 aromatic heterocycles. The fourth-order valence-electron chi connectivity index (χ4n) is 1.86. The van der Waals surface area contributed by atoms with Gasteiger partial charge < -0.3 is 10.1 Å². The maximum Gasteiger partial charge on any atom is 0.220 e. The molecule has 1 aliphatic carbocycles. The van der Waals surface area contributed by atoms with Crippen LogP contribution in [-0.2, 0) is 14.3 Å². The summed E-state index contributed by atoms with van der Waals surface area (Å²) >= 11 is 0. The molecule has 0 atom stereocenters. The molecule has 0 aromatic rings. The van der Waals surface area contributed by atoms with Gasteiger partial charge in [0, 0.05) is 38.5 Å². The van der Waals surface area contributed by atoms with Crippen LogP contribution in [0.15, 0.2) is 0 Å². The highest BCUT2D eigenvalue weighted by molar-refractivity contribution is 5.80. The smallest absolute Gasteiger partial charge is 0.220 e. The van der Waals surface area contributed by atoms with Crippen LogP contribution in [-0.4, -0.2) is 30.9 Å². The number of rotatable bonds is 6. The average Bonchev–Trinajstić information content (AvgIpc) is 2.28. The minimum atomic E-state index is 0.0825. The van der Waals surface area contributed by atoms with Crippen LogP contribution in [0.1, 0.15) is 45.4 Å². The summed E-state index contributed by atoms with van der Waals surface area (Å²) in [6.07, 6.45) is 4.12. The second kappa shape index (κ2) is 7.39. The van der Waals surface area contributed by atoms with E-state index in [-0.39, 0.29) is 11.9 Å². The number of ketones is 1. The molecular formula is C12H21NO3. The lowest BCUT2D eigenvalue weighted by Crippen LogP contribution is -2.37. The summed E-state index contributed by atoms with van der Waals surface area (Å²) in [6.45, 7) is 3.29. The predicted molar refractivity (Wildman–Crippen MR) is 61.1 cm³/mol. The monoisotopic (exact) mass is 227 g/mol. The number of ether oxygens (including phenoxy) is 1. The molecular weight excluding hydrogens is 206 g/mol. The molecule has 0 saturated heterocycles. The van der Waals surface area contributed by atoms with Crippen LogP contribution in [0.2, 0.25) is 0 Å². The van der Waals surface area contributed by atoms with E-state index in [1.165, 1.54) is 0 Å². The largest absolute Gasteiger partial charge is 0.382 e. The number of nitrogens with one attached hydrogen (secondary N) is 1. The van der Waals surface area contributed by atoms with E-state index in [1.807, 2.05) is 6.92 Å². The first-order valence-electron chi connectivity index (χ1n) is 6.11. The molecule has 1 aliphatic rings. The van der Waals surface area contributed by atoms with E-state index in [2.05, 4.69) is 5.32 Å². The van der Waals surface area contributed by atoms with Crippen molar-refractivity contribution in [2.24, 2.45) is 0 Å². The predicted octanol–water partition coefficient (Wildman–Crippen LogP) is 1.43. The molecule has 0 heterocycles. The van der Waals surface area contributed by atoms with Gasteiger partial charge in [-0.3, -0.25) is 9.59 Å². The Bertz CT molecular complexity index is 230. The van der Waals surface area contributed by atoms with Crippen molar-refractivity contribution < 1.29 is 14.3 Å². The SMILES string of the molecule is CCOCCCC(=O)NC1CCC(=O)CC1. The molecule has 1 N–H and O–H groups in total. The third-order valence-corrected chi connectivity index (χ3v) is 2.81. The van der Waals surface area contributed by atoms with Gasteiger partial charge in [0.25, 0.3) is 0 Å². The van der Waals surface area contributed by atoms with Crippen LogP contribution in [0.5, 0.6) is 0 Å². The van der Waals surface area contributed by atoms with Crippen molar-refractivity contribution in [1.29, 1.82) is 0 Å². The Morgan fingerprint density at radius 2 is 2.12 bits per heavy atom. The molecule has 0 unspecified atom stereocenters. The van der Waals surface area contributed by atoms with Crippen molar-refractivity contribution in [3.05, 3.63) is 0 Å². The van der Waals surface area contributed by atoms with Gasteiger partial charge >= 0.3 is 0 Å². The maximum absolute atomic E-state index is 11.5. The molecule has 0 aliphatic heterocycles. The van der Waals surface area contributed by atoms with Gasteiger partial charge in [-0.1, -0.05) is 0 Å². The fraction of sp³-hybridized carbons (Fsp3) is 0.833. The van der Waals surface area contributed by atoms with Crippen LogP contribution in [0.25, 0.3) is 0 Å². The first-order chi connectivity index (χ1) is 7.72. The lowest BCUT2D eigenvalue weighted by molar-refractivity contribution is -0.125. The van der Waals surface area contributed by atoms with Gasteiger partial charge in [-0.2, -0.15) is 0 Å². The molecule has 0 bridgehead atoms. The molecule has 0 spiro atoms. The van der Waals surface area contributed by atoms with Crippen molar-refractivity contribution in [3.8, 4) is 0 Å². The number of carbonyl (C=O) groups excluding carboxylic acids is 2. The minimum absolute atomic E-state index is 0.0825. The molecule has 1 saturated carbocycles. The Labute approximate surface area is 96.7 Å². The second-order valence-corrected chi connectivity index (χ2v) is 4.18. The lowest BCUT2D eigenvalue weighted by atomic mass is 9.94. The Hall–Kier alpha value is -0.900. The standard InChI is InChI=1S/C12H21NO3/c1-2-16-9-3-4-12(15)13-10-5-7-11(14)8-6-10/h10H,2-9H2,1H3,(H,13,15). The zero-order valence-electron chi connectivity index (χ0n) is 9.96. The van der Waals surface area contributed by atoms with Crippen molar-refractivity contribution in [1.82, 2.24) is 5.32 Å². The topological polar surface area (TPSA) is 55.4 Å². The fourth-order valence-corrected chi connectivity index (χ4v) is 1.86. The third kappa shape index (κ3) is 5.26. The molecule has 1 fully saturated rings. The summed E-state index contributed by atoms with van der Waals surface area (Å²) < 4.78 is 5.16. The Morgan fingerprint density at radius 3 is 2.75 bits per heavy atom. The Morgan fingerprint density at radius 1 is 1.44 bits per heavy atom. The Kier molecular flexibility index (Phi) is 6.08. The van der Waals surface area contributed by atoms with Crippen molar-refractivity contribution in [2.75, 3.05) is 13.2 Å². The van der Waals surface area contributed by atoms with Crippen LogP contribution in [0.3, 0.4) is 0 Å². The van der Waals surface area contributed by atoms with Gasteiger partial charge in [-0.25, -0.2) is 0 Å². The summed E-state index contributed by atoms with van der Waals surface area (Å²) in [4.78, 5) is 22.5. The quantitative estimate of drug-likeness (QED) is 0.698. The van der Waals surface area contributed by atoms with Crippen LogP contribution in [0, 0.1) is 0 Å². The van der Waals surface area contributed by atoms with Crippen LogP contribution in [0.4, 0.5) is 0 Å². The molecule has 0 aromatic carbocycles. The highest BCUT2D eigenvalue weighted by atomic mass is 16.5. The molecule has 92 valence electrons. The van der Waals surface area contributed by atoms with Gasteiger partial charge in [0.05, 0.1) is 0 Å². The van der Waals surface area contributed by atoms with E-state index < -0.39 is 0 Å². The van der Waals surface area contributed by atoms with Crippen molar-refractivity contribution >= 4 is 11.7 Å². The summed E-state index contributed by atoms with van der Waals surface area (Å²) in [5.41, 5.74) is 0.